The number of nitrogens with one attached hydrogen (secondary N) is 1. The van der Waals surface area contributed by atoms with Gasteiger partial charge in [-0.3, -0.25) is 0 Å². The maximum Gasteiger partial charge on any atom is 0.169 e. The van der Waals surface area contributed by atoms with Crippen molar-refractivity contribution in [3.05, 3.63) is 34.3 Å². The van der Waals surface area contributed by atoms with Crippen LogP contribution in [0.3, 0.4) is 0 Å². The Morgan fingerprint density at radius 1 is 1.31 bits per heavy atom. The minimum atomic E-state index is -0.199. The average Bonchev–Trinajstić information content (AvgIpc) is 2.30. The molecule has 90 valence electrons. The van der Waals surface area contributed by atoms with Crippen molar-refractivity contribution in [3.63, 3.8) is 0 Å². The highest BCUT2D eigenvalue weighted by Crippen LogP contribution is 2.17. The first-order valence-corrected chi connectivity index (χ1v) is 6.01. The van der Waals surface area contributed by atoms with Crippen molar-refractivity contribution in [2.75, 3.05) is 20.8 Å². The van der Waals surface area contributed by atoms with Gasteiger partial charge < -0.3 is 14.8 Å². The minimum Gasteiger partial charge on any atom is -0.355 e. The molecule has 0 aliphatic heterocycles. The third-order valence-electron chi connectivity index (χ3n) is 2.47. The Labute approximate surface area is 105 Å². The highest BCUT2D eigenvalue weighted by atomic mass is 79.9. The van der Waals surface area contributed by atoms with E-state index < -0.39 is 0 Å². The smallest absolute Gasteiger partial charge is 0.169 e. The lowest BCUT2D eigenvalue weighted by molar-refractivity contribution is -0.0997. The van der Waals surface area contributed by atoms with Gasteiger partial charge in [-0.1, -0.05) is 28.1 Å². The van der Waals surface area contributed by atoms with Gasteiger partial charge in [-0.2, -0.15) is 0 Å². The van der Waals surface area contributed by atoms with Gasteiger partial charge >= 0.3 is 0 Å². The summed E-state index contributed by atoms with van der Waals surface area (Å²) < 4.78 is 11.3. The molecule has 1 aromatic rings. The second-order valence-electron chi connectivity index (χ2n) is 3.59. The molecule has 0 bridgehead atoms. The Morgan fingerprint density at radius 2 is 2.00 bits per heavy atom. The van der Waals surface area contributed by atoms with E-state index in [0.29, 0.717) is 6.54 Å². The van der Waals surface area contributed by atoms with Crippen molar-refractivity contribution in [3.8, 4) is 0 Å². The topological polar surface area (TPSA) is 30.5 Å². The summed E-state index contributed by atoms with van der Waals surface area (Å²) in [5.41, 5.74) is 1.24. The monoisotopic (exact) mass is 287 g/mol. The van der Waals surface area contributed by atoms with Gasteiger partial charge in [0.15, 0.2) is 6.29 Å². The molecule has 0 fully saturated rings. The van der Waals surface area contributed by atoms with E-state index >= 15 is 0 Å². The van der Waals surface area contributed by atoms with Gasteiger partial charge in [-0.25, -0.2) is 0 Å². The summed E-state index contributed by atoms with van der Waals surface area (Å²) in [4.78, 5) is 0. The predicted molar refractivity (Wildman–Crippen MR) is 68.4 cm³/mol. The number of methoxy groups -OCH3 is 2. The summed E-state index contributed by atoms with van der Waals surface area (Å²) in [6, 6.07) is 8.51. The highest BCUT2D eigenvalue weighted by molar-refractivity contribution is 9.10. The van der Waals surface area contributed by atoms with Gasteiger partial charge in [-0.15, -0.1) is 0 Å². The molecule has 16 heavy (non-hydrogen) atoms. The Kier molecular flexibility index (Phi) is 5.98. The zero-order valence-electron chi connectivity index (χ0n) is 9.87. The number of hydrogen-bond acceptors (Lipinski definition) is 3. The van der Waals surface area contributed by atoms with Crippen LogP contribution in [0.25, 0.3) is 0 Å². The molecule has 1 atom stereocenters. The fourth-order valence-electron chi connectivity index (χ4n) is 1.43. The van der Waals surface area contributed by atoms with Crippen LogP contribution in [0.15, 0.2) is 28.7 Å². The first-order chi connectivity index (χ1) is 7.67. The van der Waals surface area contributed by atoms with Crippen molar-refractivity contribution in [2.45, 2.75) is 19.3 Å². The number of hydrogen-bond donors (Lipinski definition) is 1. The molecule has 0 amide bonds. The number of halogens is 1. The molecule has 0 heterocycles. The molecule has 0 radical (unpaired) electrons. The van der Waals surface area contributed by atoms with Crippen LogP contribution < -0.4 is 5.32 Å². The summed E-state index contributed by atoms with van der Waals surface area (Å²) in [5, 5.41) is 3.36. The van der Waals surface area contributed by atoms with E-state index in [2.05, 4.69) is 40.3 Å². The Balaban J connectivity index is 2.49. The number of ether oxygens (including phenoxy) is 2. The van der Waals surface area contributed by atoms with Crippen LogP contribution in [0, 0.1) is 0 Å². The summed E-state index contributed by atoms with van der Waals surface area (Å²) in [7, 11) is 3.28. The molecule has 1 N–H and O–H groups in total. The van der Waals surface area contributed by atoms with E-state index in [1.165, 1.54) is 5.56 Å². The number of benzene rings is 1. The van der Waals surface area contributed by atoms with Crippen molar-refractivity contribution < 1.29 is 9.47 Å². The lowest BCUT2D eigenvalue weighted by Gasteiger charge is -2.19. The van der Waals surface area contributed by atoms with Crippen LogP contribution in [0.4, 0.5) is 0 Å². The summed E-state index contributed by atoms with van der Waals surface area (Å²) >= 11 is 3.46. The minimum absolute atomic E-state index is 0.199. The zero-order valence-corrected chi connectivity index (χ0v) is 11.5. The van der Waals surface area contributed by atoms with Gasteiger partial charge in [0, 0.05) is 31.3 Å². The third kappa shape index (κ3) is 4.22. The molecule has 0 aromatic heterocycles. The molecule has 0 aliphatic rings. The maximum atomic E-state index is 5.12. The molecule has 0 saturated heterocycles. The predicted octanol–water partition coefficient (Wildman–Crippen LogP) is 2.72. The van der Waals surface area contributed by atoms with Gasteiger partial charge in [0.25, 0.3) is 0 Å². The molecule has 1 unspecified atom stereocenters. The molecular formula is C12H18BrNO2. The van der Waals surface area contributed by atoms with Crippen LogP contribution in [-0.4, -0.2) is 27.1 Å². The zero-order chi connectivity index (χ0) is 12.0. The second kappa shape index (κ2) is 7.01. The molecule has 3 nitrogen and oxygen atoms in total. The lowest BCUT2D eigenvalue weighted by atomic mass is 10.1. The normalized spacial score (nSPS) is 13.1. The van der Waals surface area contributed by atoms with Crippen molar-refractivity contribution in [1.29, 1.82) is 0 Å². The van der Waals surface area contributed by atoms with E-state index in [0.717, 1.165) is 4.47 Å². The first kappa shape index (κ1) is 13.6. The number of rotatable bonds is 6. The molecule has 1 aromatic carbocycles. The Bertz CT molecular complexity index is 316. The average molecular weight is 288 g/mol. The summed E-state index contributed by atoms with van der Waals surface area (Å²) in [6.45, 7) is 2.78. The van der Waals surface area contributed by atoms with E-state index in [-0.39, 0.29) is 12.3 Å². The van der Waals surface area contributed by atoms with E-state index in [1.54, 1.807) is 14.2 Å². The standard InChI is InChI=1S/C12H18BrNO2/c1-9(14-8-12(15-2)16-3)10-5-4-6-11(13)7-10/h4-7,9,12,14H,8H2,1-3H3. The van der Waals surface area contributed by atoms with Gasteiger partial charge in [0.2, 0.25) is 0 Å². The summed E-state index contributed by atoms with van der Waals surface area (Å²) in [6.07, 6.45) is -0.199. The molecular weight excluding hydrogens is 270 g/mol. The van der Waals surface area contributed by atoms with Crippen molar-refractivity contribution in [2.24, 2.45) is 0 Å². The molecule has 4 heteroatoms. The van der Waals surface area contributed by atoms with E-state index in [1.807, 2.05) is 12.1 Å². The van der Waals surface area contributed by atoms with Crippen LogP contribution in [-0.2, 0) is 9.47 Å². The fourth-order valence-corrected chi connectivity index (χ4v) is 1.85. The SMILES string of the molecule is COC(CNC(C)c1cccc(Br)c1)OC. The van der Waals surface area contributed by atoms with Gasteiger partial charge in [-0.05, 0) is 24.6 Å². The summed E-state index contributed by atoms with van der Waals surface area (Å²) in [5.74, 6) is 0. The second-order valence-corrected chi connectivity index (χ2v) is 4.50. The Morgan fingerprint density at radius 3 is 2.56 bits per heavy atom. The van der Waals surface area contributed by atoms with E-state index in [9.17, 15) is 0 Å². The molecule has 0 spiro atoms. The molecule has 0 saturated carbocycles. The maximum absolute atomic E-state index is 5.12. The highest BCUT2D eigenvalue weighted by Gasteiger charge is 2.09. The van der Waals surface area contributed by atoms with Crippen molar-refractivity contribution >= 4 is 15.9 Å². The fraction of sp³-hybridized carbons (Fsp3) is 0.500. The van der Waals surface area contributed by atoms with Crippen LogP contribution in [0.1, 0.15) is 18.5 Å². The van der Waals surface area contributed by atoms with Crippen LogP contribution in [0.5, 0.6) is 0 Å². The van der Waals surface area contributed by atoms with Gasteiger partial charge in [0.05, 0.1) is 0 Å². The van der Waals surface area contributed by atoms with Gasteiger partial charge in [0.1, 0.15) is 0 Å². The quantitative estimate of drug-likeness (QED) is 0.816. The van der Waals surface area contributed by atoms with Crippen LogP contribution in [0.2, 0.25) is 0 Å². The van der Waals surface area contributed by atoms with Crippen LogP contribution >= 0.6 is 15.9 Å². The first-order valence-electron chi connectivity index (χ1n) is 5.21. The lowest BCUT2D eigenvalue weighted by Crippen LogP contribution is -2.31. The van der Waals surface area contributed by atoms with Crippen molar-refractivity contribution in [1.82, 2.24) is 5.32 Å². The largest absolute Gasteiger partial charge is 0.355 e. The van der Waals surface area contributed by atoms with E-state index in [4.69, 9.17) is 9.47 Å². The Hall–Kier alpha value is -0.420. The molecule has 1 rings (SSSR count). The third-order valence-corrected chi connectivity index (χ3v) is 2.96. The molecule has 0 aliphatic carbocycles.